The second kappa shape index (κ2) is 12.6. The Bertz CT molecular complexity index is 1460. The molecule has 2 aromatic carbocycles. The van der Waals surface area contributed by atoms with Crippen LogP contribution in [-0.2, 0) is 20.9 Å². The third-order valence-corrected chi connectivity index (χ3v) is 9.41. The number of aliphatic hydroxyl groups excluding tert-OH is 1. The number of hydrogen-bond donors (Lipinski definition) is 5. The summed E-state index contributed by atoms with van der Waals surface area (Å²) in [6, 6.07) is 17.1. The third kappa shape index (κ3) is 6.15. The number of para-hydroxylation sites is 1. The van der Waals surface area contributed by atoms with Gasteiger partial charge in [-0.2, -0.15) is 0 Å². The quantitative estimate of drug-likeness (QED) is 0.262. The molecule has 3 fully saturated rings. The van der Waals surface area contributed by atoms with E-state index in [4.69, 9.17) is 0 Å². The van der Waals surface area contributed by atoms with Crippen LogP contribution in [0.1, 0.15) is 54.6 Å². The van der Waals surface area contributed by atoms with Crippen molar-refractivity contribution in [1.82, 2.24) is 25.8 Å². The van der Waals surface area contributed by atoms with E-state index in [-0.39, 0.29) is 36.6 Å². The van der Waals surface area contributed by atoms with E-state index in [1.54, 1.807) is 4.90 Å². The number of amides is 4. The number of aliphatic hydroxyl groups is 1. The number of piperidine rings is 1. The lowest BCUT2D eigenvalue weighted by Crippen LogP contribution is -2.57. The molecular formula is C33H39N5O5. The van der Waals surface area contributed by atoms with Gasteiger partial charge in [0.1, 0.15) is 11.7 Å². The minimum Gasteiger partial charge on any atom is -0.381 e. The molecule has 0 spiro atoms. The average molecular weight is 586 g/mol. The fourth-order valence-electron chi connectivity index (χ4n) is 7.17. The van der Waals surface area contributed by atoms with Crippen LogP contribution in [-0.4, -0.2) is 69.9 Å². The molecule has 10 heteroatoms. The number of aromatic nitrogens is 1. The Morgan fingerprint density at radius 2 is 1.79 bits per heavy atom. The normalized spacial score (nSPS) is 24.7. The van der Waals surface area contributed by atoms with E-state index in [2.05, 4.69) is 20.9 Å². The van der Waals surface area contributed by atoms with E-state index in [9.17, 15) is 24.3 Å². The summed E-state index contributed by atoms with van der Waals surface area (Å²) >= 11 is 0. The number of rotatable bonds is 9. The van der Waals surface area contributed by atoms with Gasteiger partial charge < -0.3 is 30.9 Å². The summed E-state index contributed by atoms with van der Waals surface area (Å²) in [4.78, 5) is 58.5. The van der Waals surface area contributed by atoms with E-state index in [0.717, 1.165) is 42.1 Å². The second-order valence-electron chi connectivity index (χ2n) is 12.2. The number of benzene rings is 2. The van der Waals surface area contributed by atoms with Gasteiger partial charge in [0.2, 0.25) is 11.8 Å². The molecule has 2 saturated heterocycles. The Labute approximate surface area is 250 Å². The number of nitrogens with one attached hydrogen (secondary N) is 4. The molecule has 0 radical (unpaired) electrons. The molecule has 1 unspecified atom stereocenters. The van der Waals surface area contributed by atoms with Crippen molar-refractivity contribution in [1.29, 1.82) is 0 Å². The topological polar surface area (TPSA) is 144 Å². The van der Waals surface area contributed by atoms with Crippen LogP contribution in [0.25, 0.3) is 10.9 Å². The number of aromatic amines is 1. The molecule has 1 aromatic heterocycles. The van der Waals surface area contributed by atoms with Crippen LogP contribution in [0.4, 0.5) is 0 Å². The van der Waals surface area contributed by atoms with Crippen molar-refractivity contribution in [3.8, 4) is 0 Å². The van der Waals surface area contributed by atoms with Gasteiger partial charge in [-0.1, -0.05) is 55.0 Å². The van der Waals surface area contributed by atoms with Crippen LogP contribution >= 0.6 is 0 Å². The highest BCUT2D eigenvalue weighted by Crippen LogP contribution is 2.43. The molecule has 0 bridgehead atoms. The molecule has 6 atom stereocenters. The molecular weight excluding hydrogens is 546 g/mol. The number of hydrogen-bond acceptors (Lipinski definition) is 5. The molecule has 2 aliphatic heterocycles. The fourth-order valence-corrected chi connectivity index (χ4v) is 7.17. The van der Waals surface area contributed by atoms with Gasteiger partial charge in [0, 0.05) is 36.5 Å². The minimum atomic E-state index is -1.57. The lowest BCUT2D eigenvalue weighted by molar-refractivity contribution is -0.136. The standard InChI is InChI=1S/C33H39N5O5/c39-29(32(42)35-18-20-8-2-1-3-9-20)26(17-22-12-7-15-34-30(22)40)37-31(41)28-24-13-6-11-23(24)19-38(28)33(43)27-16-21-10-4-5-14-25(21)36-27/h1-5,8-10,14,16,22-24,26,28-29,36,39H,6-7,11-13,15,17-19H2,(H,34,40)(H,35,42)(H,37,41)/t22-,23-,24-,26-,28-,29?/m0/s1. The van der Waals surface area contributed by atoms with Crippen molar-refractivity contribution in [2.24, 2.45) is 17.8 Å². The highest BCUT2D eigenvalue weighted by atomic mass is 16.3. The van der Waals surface area contributed by atoms with Crippen LogP contribution in [0.2, 0.25) is 0 Å². The fraction of sp³-hybridized carbons (Fsp3) is 0.455. The number of fused-ring (bicyclic) bond motifs is 2. The SMILES string of the molecule is O=C(NCc1ccccc1)C(O)[C@H](C[C@@H]1CCCNC1=O)NC(=O)[C@@H]1[C@H]2CCC[C@H]2CN1C(=O)c1cc2ccccc2[nH]1. The van der Waals surface area contributed by atoms with Gasteiger partial charge in [-0.15, -0.1) is 0 Å². The van der Waals surface area contributed by atoms with Crippen molar-refractivity contribution >= 4 is 34.5 Å². The highest BCUT2D eigenvalue weighted by Gasteiger charge is 2.50. The maximum Gasteiger partial charge on any atom is 0.271 e. The number of carbonyl (C=O) groups excluding carboxylic acids is 4. The third-order valence-electron chi connectivity index (χ3n) is 9.41. The lowest BCUT2D eigenvalue weighted by atomic mass is 9.88. The summed E-state index contributed by atoms with van der Waals surface area (Å²) in [5, 5.41) is 20.7. The van der Waals surface area contributed by atoms with Crippen molar-refractivity contribution in [2.75, 3.05) is 13.1 Å². The molecule has 1 saturated carbocycles. The van der Waals surface area contributed by atoms with Crippen LogP contribution in [0.3, 0.4) is 0 Å². The summed E-state index contributed by atoms with van der Waals surface area (Å²) in [5.74, 6) is -1.63. The molecule has 3 heterocycles. The van der Waals surface area contributed by atoms with E-state index < -0.39 is 35.9 Å². The van der Waals surface area contributed by atoms with Gasteiger partial charge in [0.25, 0.3) is 11.8 Å². The lowest BCUT2D eigenvalue weighted by Gasteiger charge is -2.32. The van der Waals surface area contributed by atoms with E-state index in [1.165, 1.54) is 0 Å². The second-order valence-corrected chi connectivity index (χ2v) is 12.2. The molecule has 3 aliphatic rings. The first-order valence-electron chi connectivity index (χ1n) is 15.4. The van der Waals surface area contributed by atoms with Gasteiger partial charge >= 0.3 is 0 Å². The van der Waals surface area contributed by atoms with Gasteiger partial charge in [-0.25, -0.2) is 0 Å². The molecule has 5 N–H and O–H groups in total. The van der Waals surface area contributed by atoms with Crippen LogP contribution in [0.5, 0.6) is 0 Å². The number of carbonyl (C=O) groups is 4. The van der Waals surface area contributed by atoms with Crippen molar-refractivity contribution in [2.45, 2.75) is 63.3 Å². The molecule has 1 aliphatic carbocycles. The monoisotopic (exact) mass is 585 g/mol. The molecule has 4 amide bonds. The Morgan fingerprint density at radius 3 is 2.58 bits per heavy atom. The summed E-state index contributed by atoms with van der Waals surface area (Å²) in [6.07, 6.45) is 2.71. The largest absolute Gasteiger partial charge is 0.381 e. The highest BCUT2D eigenvalue weighted by molar-refractivity contribution is 6.00. The van der Waals surface area contributed by atoms with E-state index in [0.29, 0.717) is 25.2 Å². The van der Waals surface area contributed by atoms with Crippen molar-refractivity contribution in [3.63, 3.8) is 0 Å². The van der Waals surface area contributed by atoms with E-state index >= 15 is 0 Å². The summed E-state index contributed by atoms with van der Waals surface area (Å²) < 4.78 is 0. The van der Waals surface area contributed by atoms with Crippen molar-refractivity contribution < 1.29 is 24.3 Å². The predicted molar refractivity (Wildman–Crippen MR) is 161 cm³/mol. The molecule has 226 valence electrons. The smallest absolute Gasteiger partial charge is 0.271 e. The zero-order valence-corrected chi connectivity index (χ0v) is 24.1. The minimum absolute atomic E-state index is 0.00370. The molecule has 10 nitrogen and oxygen atoms in total. The Morgan fingerprint density at radius 1 is 1.00 bits per heavy atom. The van der Waals surface area contributed by atoms with Gasteiger partial charge in [-0.3, -0.25) is 19.2 Å². The van der Waals surface area contributed by atoms with Crippen LogP contribution in [0, 0.1) is 17.8 Å². The first kappa shape index (κ1) is 28.9. The van der Waals surface area contributed by atoms with Crippen LogP contribution in [0.15, 0.2) is 60.7 Å². The average Bonchev–Trinajstić information content (AvgIpc) is 3.75. The molecule has 3 aromatic rings. The first-order chi connectivity index (χ1) is 20.9. The Hall–Kier alpha value is -4.18. The maximum atomic E-state index is 14.1. The van der Waals surface area contributed by atoms with Crippen molar-refractivity contribution in [3.05, 3.63) is 71.9 Å². The molecule has 43 heavy (non-hydrogen) atoms. The maximum absolute atomic E-state index is 14.1. The van der Waals surface area contributed by atoms with Crippen LogP contribution < -0.4 is 16.0 Å². The number of nitrogens with zero attached hydrogens (tertiary/aromatic N) is 1. The molecule has 6 rings (SSSR count). The Kier molecular flexibility index (Phi) is 8.47. The zero-order chi connectivity index (χ0) is 29.9. The van der Waals surface area contributed by atoms with Gasteiger partial charge in [-0.05, 0) is 61.6 Å². The number of likely N-dealkylation sites (tertiary alicyclic amines) is 1. The summed E-state index contributed by atoms with van der Waals surface area (Å²) in [7, 11) is 0. The first-order valence-corrected chi connectivity index (χ1v) is 15.4. The van der Waals surface area contributed by atoms with E-state index in [1.807, 2.05) is 60.7 Å². The predicted octanol–water partition coefficient (Wildman–Crippen LogP) is 2.49. The summed E-state index contributed by atoms with van der Waals surface area (Å²) in [6.45, 7) is 1.29. The zero-order valence-electron chi connectivity index (χ0n) is 24.1. The number of H-pyrrole nitrogens is 1. The van der Waals surface area contributed by atoms with Gasteiger partial charge in [0.15, 0.2) is 6.10 Å². The summed E-state index contributed by atoms with van der Waals surface area (Å²) in [5.41, 5.74) is 2.15. The Balaban J connectivity index is 1.22. The van der Waals surface area contributed by atoms with Gasteiger partial charge in [0.05, 0.1) is 6.04 Å².